The summed E-state index contributed by atoms with van der Waals surface area (Å²) < 4.78 is 67.2. The van der Waals surface area contributed by atoms with Gasteiger partial charge in [0, 0.05) is 11.3 Å². The van der Waals surface area contributed by atoms with Gasteiger partial charge in [-0.15, -0.1) is 0 Å². The van der Waals surface area contributed by atoms with Crippen molar-refractivity contribution in [2.45, 2.75) is 11.8 Å². The molecule has 24 heavy (non-hydrogen) atoms. The van der Waals surface area contributed by atoms with Crippen LogP contribution in [0.25, 0.3) is 0 Å². The van der Waals surface area contributed by atoms with E-state index >= 15 is 0 Å². The first kappa shape index (κ1) is 18.0. The molecule has 2 aromatic rings. The van der Waals surface area contributed by atoms with Crippen LogP contribution >= 0.6 is 11.8 Å². The highest BCUT2D eigenvalue weighted by Crippen LogP contribution is 2.37. The SMILES string of the molecule is C/C(N)=C(\Sc1c(F)c(F)c(F)c(F)c1F)C(=O)c1ccccc1. The highest BCUT2D eigenvalue weighted by atomic mass is 32.2. The molecule has 0 aliphatic heterocycles. The van der Waals surface area contributed by atoms with Gasteiger partial charge in [0.2, 0.25) is 11.6 Å². The van der Waals surface area contributed by atoms with Crippen LogP contribution in [0, 0.1) is 29.1 Å². The molecule has 0 atom stereocenters. The average Bonchev–Trinajstić information content (AvgIpc) is 2.58. The third-order valence-corrected chi connectivity index (χ3v) is 4.25. The Hall–Kier alpha value is -2.35. The lowest BCUT2D eigenvalue weighted by atomic mass is 10.1. The third kappa shape index (κ3) is 3.28. The number of hydrogen-bond acceptors (Lipinski definition) is 3. The molecule has 0 saturated heterocycles. The molecule has 0 spiro atoms. The summed E-state index contributed by atoms with van der Waals surface area (Å²) >= 11 is 0.0985. The van der Waals surface area contributed by atoms with Crippen LogP contribution in [0.15, 0.2) is 45.8 Å². The Morgan fingerprint density at radius 3 is 1.79 bits per heavy atom. The first-order valence-electron chi connectivity index (χ1n) is 6.51. The van der Waals surface area contributed by atoms with Gasteiger partial charge in [0.25, 0.3) is 0 Å². The normalized spacial score (nSPS) is 12.1. The molecule has 0 aliphatic carbocycles. The zero-order chi connectivity index (χ0) is 18.0. The Bertz CT molecular complexity index is 803. The van der Waals surface area contributed by atoms with E-state index < -0.39 is 39.8 Å². The minimum atomic E-state index is -2.27. The van der Waals surface area contributed by atoms with Crippen molar-refractivity contribution >= 4 is 17.5 Å². The van der Waals surface area contributed by atoms with E-state index in [1.165, 1.54) is 19.1 Å². The quantitative estimate of drug-likeness (QED) is 0.218. The van der Waals surface area contributed by atoms with E-state index in [9.17, 15) is 26.7 Å². The van der Waals surface area contributed by atoms with Crippen LogP contribution < -0.4 is 5.73 Å². The predicted octanol–water partition coefficient (Wildman–Crippen LogP) is 4.55. The fourth-order valence-electron chi connectivity index (χ4n) is 1.80. The average molecular weight is 359 g/mol. The van der Waals surface area contributed by atoms with Crippen molar-refractivity contribution in [1.29, 1.82) is 0 Å². The maximum Gasteiger partial charge on any atom is 0.201 e. The number of hydrogen-bond donors (Lipinski definition) is 1. The summed E-state index contributed by atoms with van der Waals surface area (Å²) in [6, 6.07) is 7.63. The molecule has 0 aromatic heterocycles. The minimum absolute atomic E-state index is 0.0985. The molecule has 0 aliphatic rings. The number of allylic oxidation sites excluding steroid dienone is 2. The standard InChI is InChI=1S/C16H10F5NOS/c1-7(22)15(14(23)8-5-3-2-4-6-8)24-16-12(20)10(18)9(17)11(19)13(16)21/h2-6H,22H2,1H3/b15-7+. The number of ketones is 1. The summed E-state index contributed by atoms with van der Waals surface area (Å²) in [5.41, 5.74) is 5.61. The number of Topliss-reactive ketones (excluding diaryl/α,β-unsaturated/α-hetero) is 1. The predicted molar refractivity (Wildman–Crippen MR) is 79.7 cm³/mol. The van der Waals surface area contributed by atoms with Crippen LogP contribution in [0.4, 0.5) is 22.0 Å². The van der Waals surface area contributed by atoms with Crippen molar-refractivity contribution in [1.82, 2.24) is 0 Å². The Kier molecular flexibility index (Phi) is 5.28. The van der Waals surface area contributed by atoms with Crippen molar-refractivity contribution < 1.29 is 26.7 Å². The third-order valence-electron chi connectivity index (χ3n) is 2.97. The first-order chi connectivity index (χ1) is 11.3. The summed E-state index contributed by atoms with van der Waals surface area (Å²) in [5, 5.41) is 0. The molecule has 0 fully saturated rings. The van der Waals surface area contributed by atoms with Crippen molar-refractivity contribution in [2.24, 2.45) is 5.73 Å². The van der Waals surface area contributed by atoms with Crippen LogP contribution in [0.2, 0.25) is 0 Å². The second-order valence-electron chi connectivity index (χ2n) is 4.71. The van der Waals surface area contributed by atoms with E-state index in [0.29, 0.717) is 0 Å². The van der Waals surface area contributed by atoms with E-state index in [2.05, 4.69) is 0 Å². The molecule has 2 nitrogen and oxygen atoms in total. The second-order valence-corrected chi connectivity index (χ2v) is 5.73. The van der Waals surface area contributed by atoms with E-state index in [4.69, 9.17) is 5.73 Å². The van der Waals surface area contributed by atoms with Gasteiger partial charge < -0.3 is 5.73 Å². The molecule has 0 unspecified atom stereocenters. The number of halogens is 5. The summed E-state index contributed by atoms with van der Waals surface area (Å²) in [6.45, 7) is 1.29. The van der Waals surface area contributed by atoms with Gasteiger partial charge in [-0.1, -0.05) is 42.1 Å². The van der Waals surface area contributed by atoms with Gasteiger partial charge in [-0.25, -0.2) is 22.0 Å². The van der Waals surface area contributed by atoms with E-state index in [-0.39, 0.29) is 27.9 Å². The molecular weight excluding hydrogens is 349 g/mol. The summed E-state index contributed by atoms with van der Waals surface area (Å²) in [5.74, 6) is -11.2. The molecule has 0 saturated carbocycles. The minimum Gasteiger partial charge on any atom is -0.401 e. The van der Waals surface area contributed by atoms with E-state index in [1.807, 2.05) is 0 Å². The Morgan fingerprint density at radius 2 is 1.33 bits per heavy atom. The number of carbonyl (C=O) groups is 1. The van der Waals surface area contributed by atoms with Crippen LogP contribution in [0.5, 0.6) is 0 Å². The van der Waals surface area contributed by atoms with Crippen LogP contribution in [-0.2, 0) is 0 Å². The molecule has 0 heterocycles. The number of rotatable bonds is 4. The summed E-state index contributed by atoms with van der Waals surface area (Å²) in [4.78, 5) is 10.9. The molecule has 2 aromatic carbocycles. The van der Waals surface area contributed by atoms with E-state index in [0.717, 1.165) is 0 Å². The van der Waals surface area contributed by atoms with Crippen molar-refractivity contribution in [2.75, 3.05) is 0 Å². The van der Waals surface area contributed by atoms with Gasteiger partial charge in [0.15, 0.2) is 23.3 Å². The van der Waals surface area contributed by atoms with Crippen LogP contribution in [0.3, 0.4) is 0 Å². The van der Waals surface area contributed by atoms with Gasteiger partial charge in [-0.2, -0.15) is 0 Å². The van der Waals surface area contributed by atoms with Gasteiger partial charge in [0.1, 0.15) is 0 Å². The Morgan fingerprint density at radius 1 is 0.875 bits per heavy atom. The van der Waals surface area contributed by atoms with Crippen molar-refractivity contribution in [3.63, 3.8) is 0 Å². The fraction of sp³-hybridized carbons (Fsp3) is 0.0625. The summed E-state index contributed by atoms with van der Waals surface area (Å²) in [7, 11) is 0. The zero-order valence-electron chi connectivity index (χ0n) is 12.2. The summed E-state index contributed by atoms with van der Waals surface area (Å²) in [6.07, 6.45) is 0. The van der Waals surface area contributed by atoms with Gasteiger partial charge >= 0.3 is 0 Å². The van der Waals surface area contributed by atoms with Gasteiger partial charge in [-0.05, 0) is 6.92 Å². The number of benzene rings is 2. The molecule has 126 valence electrons. The molecule has 2 rings (SSSR count). The van der Waals surface area contributed by atoms with Crippen LogP contribution in [0.1, 0.15) is 17.3 Å². The molecule has 0 radical (unpaired) electrons. The lowest BCUT2D eigenvalue weighted by Gasteiger charge is -2.11. The molecule has 2 N–H and O–H groups in total. The topological polar surface area (TPSA) is 43.1 Å². The lowest BCUT2D eigenvalue weighted by molar-refractivity contribution is 0.104. The molecule has 0 bridgehead atoms. The number of nitrogens with two attached hydrogens (primary N) is 1. The molecule has 0 amide bonds. The van der Waals surface area contributed by atoms with Crippen molar-refractivity contribution in [3.8, 4) is 0 Å². The highest BCUT2D eigenvalue weighted by Gasteiger charge is 2.28. The number of thioether (sulfide) groups is 1. The van der Waals surface area contributed by atoms with Gasteiger partial charge in [0.05, 0.1) is 9.80 Å². The Labute approximate surface area is 138 Å². The smallest absolute Gasteiger partial charge is 0.201 e. The highest BCUT2D eigenvalue weighted by molar-refractivity contribution is 8.04. The first-order valence-corrected chi connectivity index (χ1v) is 7.32. The lowest BCUT2D eigenvalue weighted by Crippen LogP contribution is -2.10. The second kappa shape index (κ2) is 7.04. The number of carbonyl (C=O) groups excluding carboxylic acids is 1. The fourth-order valence-corrected chi connectivity index (χ4v) is 2.74. The maximum atomic E-state index is 13.8. The molecular formula is C16H10F5NOS. The largest absolute Gasteiger partial charge is 0.401 e. The zero-order valence-corrected chi connectivity index (χ0v) is 13.0. The van der Waals surface area contributed by atoms with Crippen LogP contribution in [-0.4, -0.2) is 5.78 Å². The molecule has 8 heteroatoms. The monoisotopic (exact) mass is 359 g/mol. The maximum absolute atomic E-state index is 13.8. The van der Waals surface area contributed by atoms with Crippen molar-refractivity contribution in [3.05, 3.63) is 75.6 Å². The van der Waals surface area contributed by atoms with Gasteiger partial charge in [-0.3, -0.25) is 4.79 Å². The Balaban J connectivity index is 2.52. The van der Waals surface area contributed by atoms with E-state index in [1.54, 1.807) is 18.2 Å².